The molecule has 1 heterocycles. The van der Waals surface area contributed by atoms with Crippen LogP contribution in [0.15, 0.2) is 27.6 Å². The molecule has 1 aliphatic rings. The molecule has 0 saturated carbocycles. The maximum absolute atomic E-state index is 12.6. The number of nitrogens with two attached hydrogens (primary N) is 1. The van der Waals surface area contributed by atoms with Gasteiger partial charge in [0.25, 0.3) is 0 Å². The molecule has 2 N–H and O–H groups in total. The first kappa shape index (κ1) is 14.0. The van der Waals surface area contributed by atoms with Crippen LogP contribution in [0.4, 0.5) is 0 Å². The molecule has 2 rings (SSSR count). The summed E-state index contributed by atoms with van der Waals surface area (Å²) in [6, 6.07) is 5.29. The highest BCUT2D eigenvalue weighted by Gasteiger charge is 2.35. The smallest absolute Gasteiger partial charge is 0.244 e. The second-order valence-electron chi connectivity index (χ2n) is 4.58. The molecule has 0 spiro atoms. The average Bonchev–Trinajstić information content (AvgIpc) is 2.81. The summed E-state index contributed by atoms with van der Waals surface area (Å²) in [5.74, 6) is 0. The van der Waals surface area contributed by atoms with Crippen LogP contribution < -0.4 is 5.73 Å². The second-order valence-corrected chi connectivity index (χ2v) is 7.29. The summed E-state index contributed by atoms with van der Waals surface area (Å²) < 4.78 is 27.4. The van der Waals surface area contributed by atoms with Crippen LogP contribution in [0.2, 0.25) is 0 Å². The van der Waals surface area contributed by atoms with E-state index in [1.807, 2.05) is 13.0 Å². The number of hydrogen-bond donors (Lipinski definition) is 1. The minimum Gasteiger partial charge on any atom is -0.329 e. The minimum absolute atomic E-state index is 0.0672. The quantitative estimate of drug-likeness (QED) is 0.918. The molecule has 1 aromatic rings. The van der Waals surface area contributed by atoms with Crippen molar-refractivity contribution in [3.63, 3.8) is 0 Å². The third-order valence-corrected chi connectivity index (χ3v) is 6.21. The van der Waals surface area contributed by atoms with E-state index in [-0.39, 0.29) is 6.04 Å². The maximum Gasteiger partial charge on any atom is 0.244 e. The summed E-state index contributed by atoms with van der Waals surface area (Å²) in [5.41, 5.74) is 6.58. The van der Waals surface area contributed by atoms with Gasteiger partial charge in [-0.2, -0.15) is 4.31 Å². The predicted octanol–water partition coefficient (Wildman–Crippen LogP) is 1.87. The van der Waals surface area contributed by atoms with Crippen molar-refractivity contribution in [2.24, 2.45) is 5.73 Å². The van der Waals surface area contributed by atoms with Crippen LogP contribution in [0.5, 0.6) is 0 Å². The summed E-state index contributed by atoms with van der Waals surface area (Å²) >= 11 is 3.32. The van der Waals surface area contributed by atoms with E-state index in [0.29, 0.717) is 22.5 Å². The Morgan fingerprint density at radius 1 is 1.50 bits per heavy atom. The standard InChI is InChI=1S/C12H17BrN2O2S/c1-9-4-5-11(13)12(7-9)18(16,17)15-6-2-3-10(15)8-14/h4-5,7,10H,2-3,6,8,14H2,1H3. The Morgan fingerprint density at radius 3 is 2.89 bits per heavy atom. The van der Waals surface area contributed by atoms with Crippen LogP contribution in [-0.4, -0.2) is 31.9 Å². The van der Waals surface area contributed by atoms with E-state index in [0.717, 1.165) is 18.4 Å². The highest BCUT2D eigenvalue weighted by atomic mass is 79.9. The zero-order chi connectivity index (χ0) is 13.3. The highest BCUT2D eigenvalue weighted by Crippen LogP contribution is 2.30. The number of hydrogen-bond acceptors (Lipinski definition) is 3. The molecule has 4 nitrogen and oxygen atoms in total. The van der Waals surface area contributed by atoms with Crippen LogP contribution in [0, 0.1) is 6.92 Å². The second kappa shape index (κ2) is 5.28. The molecule has 0 amide bonds. The number of halogens is 1. The summed E-state index contributed by atoms with van der Waals surface area (Å²) in [5, 5.41) is 0. The molecule has 1 atom stereocenters. The Hall–Kier alpha value is -0.430. The van der Waals surface area contributed by atoms with Crippen LogP contribution in [0.1, 0.15) is 18.4 Å². The summed E-state index contributed by atoms with van der Waals surface area (Å²) in [7, 11) is -3.45. The van der Waals surface area contributed by atoms with Gasteiger partial charge in [0.15, 0.2) is 0 Å². The van der Waals surface area contributed by atoms with Gasteiger partial charge in [0, 0.05) is 23.6 Å². The Bertz CT molecular complexity index is 545. The fraction of sp³-hybridized carbons (Fsp3) is 0.500. The van der Waals surface area contributed by atoms with E-state index in [9.17, 15) is 8.42 Å². The lowest BCUT2D eigenvalue weighted by Gasteiger charge is -2.23. The molecular weight excluding hydrogens is 316 g/mol. The molecule has 6 heteroatoms. The van der Waals surface area contributed by atoms with Gasteiger partial charge in [-0.05, 0) is 53.4 Å². The van der Waals surface area contributed by atoms with Crippen LogP contribution in [0.3, 0.4) is 0 Å². The van der Waals surface area contributed by atoms with Gasteiger partial charge in [-0.3, -0.25) is 0 Å². The maximum atomic E-state index is 12.6. The van der Waals surface area contributed by atoms with Crippen molar-refractivity contribution >= 4 is 26.0 Å². The number of sulfonamides is 1. The normalized spacial score (nSPS) is 21.4. The number of aryl methyl sites for hydroxylation is 1. The summed E-state index contributed by atoms with van der Waals surface area (Å²) in [6.45, 7) is 2.82. The number of rotatable bonds is 3. The lowest BCUT2D eigenvalue weighted by Crippen LogP contribution is -2.40. The van der Waals surface area contributed by atoms with Gasteiger partial charge in [0.05, 0.1) is 4.90 Å². The number of nitrogens with zero attached hydrogens (tertiary/aromatic N) is 1. The first-order valence-electron chi connectivity index (χ1n) is 5.95. The third kappa shape index (κ3) is 2.47. The van der Waals surface area contributed by atoms with Crippen molar-refractivity contribution in [1.29, 1.82) is 0 Å². The largest absolute Gasteiger partial charge is 0.329 e. The van der Waals surface area contributed by atoms with Crippen molar-refractivity contribution in [1.82, 2.24) is 4.31 Å². The third-order valence-electron chi connectivity index (χ3n) is 3.27. The lowest BCUT2D eigenvalue weighted by atomic mass is 10.2. The zero-order valence-corrected chi connectivity index (χ0v) is 12.7. The molecular formula is C12H17BrN2O2S. The van der Waals surface area contributed by atoms with Crippen molar-refractivity contribution in [3.05, 3.63) is 28.2 Å². The molecule has 0 aliphatic carbocycles. The monoisotopic (exact) mass is 332 g/mol. The van der Waals surface area contributed by atoms with Crippen molar-refractivity contribution in [2.45, 2.75) is 30.7 Å². The van der Waals surface area contributed by atoms with Crippen LogP contribution in [-0.2, 0) is 10.0 Å². The molecule has 18 heavy (non-hydrogen) atoms. The molecule has 0 bridgehead atoms. The van der Waals surface area contributed by atoms with Gasteiger partial charge in [-0.1, -0.05) is 6.07 Å². The Morgan fingerprint density at radius 2 is 2.22 bits per heavy atom. The average molecular weight is 333 g/mol. The lowest BCUT2D eigenvalue weighted by molar-refractivity contribution is 0.393. The van der Waals surface area contributed by atoms with E-state index in [1.54, 1.807) is 12.1 Å². The van der Waals surface area contributed by atoms with Gasteiger partial charge in [0.1, 0.15) is 0 Å². The molecule has 0 radical (unpaired) electrons. The van der Waals surface area contributed by atoms with E-state index in [4.69, 9.17) is 5.73 Å². The molecule has 1 saturated heterocycles. The van der Waals surface area contributed by atoms with Crippen LogP contribution >= 0.6 is 15.9 Å². The van der Waals surface area contributed by atoms with Gasteiger partial charge < -0.3 is 5.73 Å². The molecule has 100 valence electrons. The molecule has 1 aliphatic heterocycles. The van der Waals surface area contributed by atoms with Gasteiger partial charge in [-0.15, -0.1) is 0 Å². The van der Waals surface area contributed by atoms with Crippen molar-refractivity contribution in [2.75, 3.05) is 13.1 Å². The molecule has 1 unspecified atom stereocenters. The first-order valence-corrected chi connectivity index (χ1v) is 8.18. The minimum atomic E-state index is -3.45. The molecule has 0 aromatic heterocycles. The van der Waals surface area contributed by atoms with E-state index >= 15 is 0 Å². The van der Waals surface area contributed by atoms with Gasteiger partial charge >= 0.3 is 0 Å². The van der Waals surface area contributed by atoms with E-state index in [1.165, 1.54) is 4.31 Å². The Labute approximate surface area is 116 Å². The van der Waals surface area contributed by atoms with Crippen molar-refractivity contribution in [3.8, 4) is 0 Å². The van der Waals surface area contributed by atoms with Gasteiger partial charge in [0.2, 0.25) is 10.0 Å². The summed E-state index contributed by atoms with van der Waals surface area (Å²) in [4.78, 5) is 0.336. The fourth-order valence-corrected chi connectivity index (χ4v) is 5.01. The van der Waals surface area contributed by atoms with Crippen LogP contribution in [0.25, 0.3) is 0 Å². The fourth-order valence-electron chi connectivity index (χ4n) is 2.30. The zero-order valence-electron chi connectivity index (χ0n) is 10.3. The first-order chi connectivity index (χ1) is 8.46. The molecule has 1 aromatic carbocycles. The Balaban J connectivity index is 2.45. The highest BCUT2D eigenvalue weighted by molar-refractivity contribution is 9.10. The summed E-state index contributed by atoms with van der Waals surface area (Å²) in [6.07, 6.45) is 1.73. The van der Waals surface area contributed by atoms with Gasteiger partial charge in [-0.25, -0.2) is 8.42 Å². The van der Waals surface area contributed by atoms with E-state index in [2.05, 4.69) is 15.9 Å². The number of benzene rings is 1. The van der Waals surface area contributed by atoms with Crippen molar-refractivity contribution < 1.29 is 8.42 Å². The van der Waals surface area contributed by atoms with E-state index < -0.39 is 10.0 Å². The topological polar surface area (TPSA) is 63.4 Å². The SMILES string of the molecule is Cc1ccc(Br)c(S(=O)(=O)N2CCCC2CN)c1. The molecule has 1 fully saturated rings. The Kier molecular flexibility index (Phi) is 4.11. The predicted molar refractivity (Wildman–Crippen MR) is 74.8 cm³/mol.